The summed E-state index contributed by atoms with van der Waals surface area (Å²) in [6, 6.07) is 0. The van der Waals surface area contributed by atoms with Crippen LogP contribution in [0.1, 0.15) is 12.8 Å². The second-order valence-electron chi connectivity index (χ2n) is 3.09. The molecule has 1 saturated heterocycles. The van der Waals surface area contributed by atoms with Crippen molar-refractivity contribution in [1.29, 1.82) is 0 Å². The van der Waals surface area contributed by atoms with E-state index in [0.29, 0.717) is 5.41 Å². The summed E-state index contributed by atoms with van der Waals surface area (Å²) in [5.74, 6) is 0. The van der Waals surface area contributed by atoms with Gasteiger partial charge in [0.25, 0.3) is 0 Å². The van der Waals surface area contributed by atoms with Crippen LogP contribution in [0.3, 0.4) is 0 Å². The van der Waals surface area contributed by atoms with Gasteiger partial charge in [0.15, 0.2) is 0 Å². The maximum atomic E-state index is 5.72. The first-order valence-electron chi connectivity index (χ1n) is 3.80. The van der Waals surface area contributed by atoms with Gasteiger partial charge in [-0.2, -0.15) is 0 Å². The van der Waals surface area contributed by atoms with Crippen molar-refractivity contribution >= 4 is 22.6 Å². The Kier molecular flexibility index (Phi) is 3.39. The number of hydrogen-bond donors (Lipinski definition) is 2. The Labute approximate surface area is 76.1 Å². The second-order valence-corrected chi connectivity index (χ2v) is 3.85. The van der Waals surface area contributed by atoms with E-state index >= 15 is 0 Å². The highest BCUT2D eigenvalue weighted by Gasteiger charge is 2.28. The van der Waals surface area contributed by atoms with Gasteiger partial charge in [-0.3, -0.25) is 0 Å². The van der Waals surface area contributed by atoms with Crippen molar-refractivity contribution in [3.05, 3.63) is 0 Å². The average Bonchev–Trinajstić information content (AvgIpc) is 2.06. The van der Waals surface area contributed by atoms with Crippen LogP contribution < -0.4 is 11.1 Å². The summed E-state index contributed by atoms with van der Waals surface area (Å²) >= 11 is 2.45. The Hall–Kier alpha value is 0.650. The fraction of sp³-hybridized carbons (Fsp3) is 1.00. The highest BCUT2D eigenvalue weighted by molar-refractivity contribution is 14.1. The molecule has 0 amide bonds. The third-order valence-corrected chi connectivity index (χ3v) is 4.00. The number of halogens is 1. The van der Waals surface area contributed by atoms with Crippen LogP contribution in [0.5, 0.6) is 0 Å². The smallest absolute Gasteiger partial charge is 0.00650 e. The summed E-state index contributed by atoms with van der Waals surface area (Å²) in [6.07, 6.45) is 2.51. The van der Waals surface area contributed by atoms with Gasteiger partial charge in [-0.25, -0.2) is 0 Å². The summed E-state index contributed by atoms with van der Waals surface area (Å²) in [7, 11) is 0. The molecule has 1 heterocycles. The summed E-state index contributed by atoms with van der Waals surface area (Å²) in [5, 5.41) is 3.35. The first-order chi connectivity index (χ1) is 4.83. The molecule has 1 aliphatic rings. The molecule has 0 aromatic carbocycles. The summed E-state index contributed by atoms with van der Waals surface area (Å²) < 4.78 is 1.21. The van der Waals surface area contributed by atoms with Gasteiger partial charge in [0, 0.05) is 4.43 Å². The lowest BCUT2D eigenvalue weighted by atomic mass is 9.81. The van der Waals surface area contributed by atoms with Crippen LogP contribution in [0.25, 0.3) is 0 Å². The Morgan fingerprint density at radius 1 is 1.40 bits per heavy atom. The SMILES string of the molecule is NCC1(CI)CCNCC1. The zero-order chi connectivity index (χ0) is 7.45. The topological polar surface area (TPSA) is 38.0 Å². The molecule has 0 spiro atoms. The molecule has 1 aliphatic heterocycles. The Balaban J connectivity index is 2.44. The van der Waals surface area contributed by atoms with E-state index < -0.39 is 0 Å². The van der Waals surface area contributed by atoms with Gasteiger partial charge < -0.3 is 11.1 Å². The molecule has 3 N–H and O–H groups in total. The van der Waals surface area contributed by atoms with Gasteiger partial charge in [-0.15, -0.1) is 0 Å². The minimum atomic E-state index is 0.464. The van der Waals surface area contributed by atoms with E-state index in [9.17, 15) is 0 Å². The molecule has 0 atom stereocenters. The molecule has 0 saturated carbocycles. The molecule has 0 bridgehead atoms. The van der Waals surface area contributed by atoms with Crippen molar-refractivity contribution in [3.8, 4) is 0 Å². The van der Waals surface area contributed by atoms with E-state index in [1.54, 1.807) is 0 Å². The van der Waals surface area contributed by atoms with Crippen LogP contribution in [-0.2, 0) is 0 Å². The van der Waals surface area contributed by atoms with Crippen molar-refractivity contribution < 1.29 is 0 Å². The second kappa shape index (κ2) is 3.88. The van der Waals surface area contributed by atoms with E-state index in [2.05, 4.69) is 27.9 Å². The molecule has 60 valence electrons. The van der Waals surface area contributed by atoms with Gasteiger partial charge >= 0.3 is 0 Å². The Morgan fingerprint density at radius 2 is 2.00 bits per heavy atom. The van der Waals surface area contributed by atoms with Crippen molar-refractivity contribution in [3.63, 3.8) is 0 Å². The van der Waals surface area contributed by atoms with Crippen molar-refractivity contribution in [2.45, 2.75) is 12.8 Å². The van der Waals surface area contributed by atoms with Crippen molar-refractivity contribution in [2.24, 2.45) is 11.1 Å². The minimum absolute atomic E-state index is 0.464. The lowest BCUT2D eigenvalue weighted by Gasteiger charge is -2.34. The molecule has 1 fully saturated rings. The van der Waals surface area contributed by atoms with Crippen molar-refractivity contribution in [2.75, 3.05) is 24.1 Å². The maximum absolute atomic E-state index is 5.72. The van der Waals surface area contributed by atoms with Gasteiger partial charge in [-0.05, 0) is 37.9 Å². The van der Waals surface area contributed by atoms with E-state index in [-0.39, 0.29) is 0 Å². The Morgan fingerprint density at radius 3 is 2.30 bits per heavy atom. The highest BCUT2D eigenvalue weighted by atomic mass is 127. The van der Waals surface area contributed by atoms with E-state index in [1.165, 1.54) is 17.3 Å². The number of hydrogen-bond acceptors (Lipinski definition) is 2. The van der Waals surface area contributed by atoms with Crippen molar-refractivity contribution in [1.82, 2.24) is 5.32 Å². The van der Waals surface area contributed by atoms with Crippen LogP contribution in [0.2, 0.25) is 0 Å². The first kappa shape index (κ1) is 8.74. The number of alkyl halides is 1. The number of piperidine rings is 1. The monoisotopic (exact) mass is 254 g/mol. The molecular formula is C7H15IN2. The maximum Gasteiger partial charge on any atom is 0.00650 e. The third kappa shape index (κ3) is 1.83. The zero-order valence-electron chi connectivity index (χ0n) is 6.20. The highest BCUT2D eigenvalue weighted by Crippen LogP contribution is 2.29. The summed E-state index contributed by atoms with van der Waals surface area (Å²) in [5.41, 5.74) is 6.18. The van der Waals surface area contributed by atoms with Crippen LogP contribution in [-0.4, -0.2) is 24.1 Å². The molecule has 0 unspecified atom stereocenters. The quantitative estimate of drug-likeness (QED) is 0.563. The molecule has 0 aromatic rings. The van der Waals surface area contributed by atoms with E-state index in [0.717, 1.165) is 19.6 Å². The molecule has 1 rings (SSSR count). The predicted octanol–water partition coefficient (Wildman–Crippen LogP) is 0.750. The van der Waals surface area contributed by atoms with E-state index in [4.69, 9.17) is 5.73 Å². The first-order valence-corrected chi connectivity index (χ1v) is 5.32. The molecule has 0 aliphatic carbocycles. The fourth-order valence-corrected chi connectivity index (χ4v) is 2.42. The number of nitrogens with two attached hydrogens (primary N) is 1. The van der Waals surface area contributed by atoms with Gasteiger partial charge in [0.2, 0.25) is 0 Å². The van der Waals surface area contributed by atoms with Crippen LogP contribution >= 0.6 is 22.6 Å². The molecule has 10 heavy (non-hydrogen) atoms. The Bertz CT molecular complexity index is 93.8. The molecule has 3 heteroatoms. The third-order valence-electron chi connectivity index (χ3n) is 2.38. The van der Waals surface area contributed by atoms with Gasteiger partial charge in [0.05, 0.1) is 0 Å². The molecular weight excluding hydrogens is 239 g/mol. The number of rotatable bonds is 2. The summed E-state index contributed by atoms with van der Waals surface area (Å²) in [6.45, 7) is 3.16. The zero-order valence-corrected chi connectivity index (χ0v) is 8.36. The van der Waals surface area contributed by atoms with E-state index in [1.807, 2.05) is 0 Å². The van der Waals surface area contributed by atoms with Crippen LogP contribution in [0.15, 0.2) is 0 Å². The lowest BCUT2D eigenvalue weighted by Crippen LogP contribution is -2.42. The minimum Gasteiger partial charge on any atom is -0.330 e. The molecule has 0 aromatic heterocycles. The number of nitrogens with one attached hydrogen (secondary N) is 1. The van der Waals surface area contributed by atoms with Gasteiger partial charge in [0.1, 0.15) is 0 Å². The normalized spacial score (nSPS) is 24.6. The van der Waals surface area contributed by atoms with Crippen LogP contribution in [0, 0.1) is 5.41 Å². The standard InChI is InChI=1S/C7H15IN2/c8-5-7(6-9)1-3-10-4-2-7/h10H,1-6,9H2. The average molecular weight is 254 g/mol. The predicted molar refractivity (Wildman–Crippen MR) is 52.5 cm³/mol. The fourth-order valence-electron chi connectivity index (χ4n) is 1.35. The summed E-state index contributed by atoms with van der Waals surface area (Å²) in [4.78, 5) is 0. The molecule has 2 nitrogen and oxygen atoms in total. The molecule has 0 radical (unpaired) electrons. The lowest BCUT2D eigenvalue weighted by molar-refractivity contribution is 0.251. The van der Waals surface area contributed by atoms with Crippen LogP contribution in [0.4, 0.5) is 0 Å². The van der Waals surface area contributed by atoms with Gasteiger partial charge in [-0.1, -0.05) is 22.6 Å². The largest absolute Gasteiger partial charge is 0.330 e.